The number of hydrogen-bond donors (Lipinski definition) is 1. The summed E-state index contributed by atoms with van der Waals surface area (Å²) in [6.45, 7) is 0. The fourth-order valence-corrected chi connectivity index (χ4v) is 2.23. The molecule has 116 valence electrons. The summed E-state index contributed by atoms with van der Waals surface area (Å²) in [4.78, 5) is 12.7. The van der Waals surface area contributed by atoms with Gasteiger partial charge in [-0.25, -0.2) is 9.97 Å². The molecule has 0 saturated heterocycles. The van der Waals surface area contributed by atoms with Crippen molar-refractivity contribution in [2.75, 3.05) is 5.73 Å². The molecule has 7 heteroatoms. The number of hydrogen-bond acceptors (Lipinski definition) is 7. The van der Waals surface area contributed by atoms with Crippen molar-refractivity contribution < 1.29 is 4.42 Å². The van der Waals surface area contributed by atoms with Crippen LogP contribution in [0.1, 0.15) is 0 Å². The molecular formula is C17H12N6O. The molecule has 0 amide bonds. The van der Waals surface area contributed by atoms with Gasteiger partial charge in [-0.2, -0.15) is 0 Å². The largest absolute Gasteiger partial charge is 0.414 e. The van der Waals surface area contributed by atoms with Crippen molar-refractivity contribution in [1.82, 2.24) is 25.1 Å². The zero-order chi connectivity index (χ0) is 16.4. The van der Waals surface area contributed by atoms with E-state index in [0.717, 1.165) is 11.1 Å². The van der Waals surface area contributed by atoms with Gasteiger partial charge in [-0.3, -0.25) is 4.98 Å². The summed E-state index contributed by atoms with van der Waals surface area (Å²) in [5.74, 6) is 0.856. The Bertz CT molecular complexity index is 969. The van der Waals surface area contributed by atoms with E-state index in [9.17, 15) is 0 Å². The van der Waals surface area contributed by atoms with Crippen molar-refractivity contribution in [2.45, 2.75) is 0 Å². The molecular weight excluding hydrogens is 304 g/mol. The maximum atomic E-state index is 5.93. The standard InChI is InChI=1S/C17H12N6O/c18-15-14(21-13(10-20-15)12-7-4-8-19-9-12)17-23-22-16(24-17)11-5-2-1-3-6-11/h1-10H,(H2,18,20). The molecule has 0 saturated carbocycles. The van der Waals surface area contributed by atoms with E-state index in [1.54, 1.807) is 18.6 Å². The van der Waals surface area contributed by atoms with E-state index in [2.05, 4.69) is 25.1 Å². The van der Waals surface area contributed by atoms with Gasteiger partial charge in [-0.15, -0.1) is 10.2 Å². The van der Waals surface area contributed by atoms with E-state index in [1.165, 1.54) is 0 Å². The summed E-state index contributed by atoms with van der Waals surface area (Å²) >= 11 is 0. The number of anilines is 1. The fraction of sp³-hybridized carbons (Fsp3) is 0. The molecule has 0 fully saturated rings. The molecule has 0 radical (unpaired) electrons. The second kappa shape index (κ2) is 5.88. The zero-order valence-corrected chi connectivity index (χ0v) is 12.5. The van der Waals surface area contributed by atoms with Crippen LogP contribution in [-0.2, 0) is 0 Å². The maximum absolute atomic E-state index is 5.93. The predicted molar refractivity (Wildman–Crippen MR) is 88.4 cm³/mol. The topological polar surface area (TPSA) is 104 Å². The van der Waals surface area contributed by atoms with Crippen LogP contribution in [0.4, 0.5) is 5.82 Å². The highest BCUT2D eigenvalue weighted by atomic mass is 16.4. The summed E-state index contributed by atoms with van der Waals surface area (Å²) in [7, 11) is 0. The van der Waals surface area contributed by atoms with E-state index >= 15 is 0 Å². The van der Waals surface area contributed by atoms with Crippen molar-refractivity contribution in [2.24, 2.45) is 0 Å². The van der Waals surface area contributed by atoms with Gasteiger partial charge in [0, 0.05) is 23.5 Å². The van der Waals surface area contributed by atoms with E-state index in [1.807, 2.05) is 42.5 Å². The van der Waals surface area contributed by atoms with Gasteiger partial charge in [0.15, 0.2) is 11.5 Å². The lowest BCUT2D eigenvalue weighted by Gasteiger charge is -2.03. The maximum Gasteiger partial charge on any atom is 0.270 e. The third kappa shape index (κ3) is 2.58. The third-order valence-electron chi connectivity index (χ3n) is 3.41. The lowest BCUT2D eigenvalue weighted by Crippen LogP contribution is -1.99. The molecule has 2 N–H and O–H groups in total. The molecule has 24 heavy (non-hydrogen) atoms. The zero-order valence-electron chi connectivity index (χ0n) is 12.5. The molecule has 0 aliphatic rings. The second-order valence-electron chi connectivity index (χ2n) is 5.01. The monoisotopic (exact) mass is 316 g/mol. The Labute approximate surface area is 137 Å². The van der Waals surface area contributed by atoms with E-state index in [-0.39, 0.29) is 11.7 Å². The Balaban J connectivity index is 1.76. The predicted octanol–water partition coefficient (Wildman–Crippen LogP) is 2.84. The minimum absolute atomic E-state index is 0.226. The van der Waals surface area contributed by atoms with Crippen LogP contribution in [0.3, 0.4) is 0 Å². The normalized spacial score (nSPS) is 10.7. The molecule has 0 bridgehead atoms. The first-order valence-electron chi connectivity index (χ1n) is 7.23. The van der Waals surface area contributed by atoms with Crippen molar-refractivity contribution in [1.29, 1.82) is 0 Å². The van der Waals surface area contributed by atoms with Crippen molar-refractivity contribution >= 4 is 5.82 Å². The van der Waals surface area contributed by atoms with Gasteiger partial charge in [0.05, 0.1) is 11.9 Å². The number of nitrogen functional groups attached to an aromatic ring is 1. The first-order chi connectivity index (χ1) is 11.8. The number of aromatic nitrogens is 5. The Morgan fingerprint density at radius 3 is 2.42 bits per heavy atom. The Hall–Kier alpha value is -3.61. The lowest BCUT2D eigenvalue weighted by molar-refractivity contribution is 0.582. The molecule has 0 unspecified atom stereocenters. The third-order valence-corrected chi connectivity index (χ3v) is 3.41. The minimum atomic E-state index is 0.226. The first-order valence-corrected chi connectivity index (χ1v) is 7.23. The molecule has 4 rings (SSSR count). The Morgan fingerprint density at radius 1 is 0.833 bits per heavy atom. The molecule has 0 aliphatic carbocycles. The molecule has 1 aromatic carbocycles. The van der Waals surface area contributed by atoms with Crippen LogP contribution in [0, 0.1) is 0 Å². The smallest absolute Gasteiger partial charge is 0.270 e. The summed E-state index contributed by atoms with van der Waals surface area (Å²) < 4.78 is 5.71. The summed E-state index contributed by atoms with van der Waals surface area (Å²) in [6, 6.07) is 13.2. The van der Waals surface area contributed by atoms with Gasteiger partial charge in [-0.05, 0) is 24.3 Å². The summed E-state index contributed by atoms with van der Waals surface area (Å²) in [5, 5.41) is 8.10. The Morgan fingerprint density at radius 2 is 1.62 bits per heavy atom. The first kappa shape index (κ1) is 14.0. The average molecular weight is 316 g/mol. The second-order valence-corrected chi connectivity index (χ2v) is 5.01. The van der Waals surface area contributed by atoms with Crippen LogP contribution in [0.5, 0.6) is 0 Å². The van der Waals surface area contributed by atoms with Crippen LogP contribution in [0.25, 0.3) is 34.3 Å². The van der Waals surface area contributed by atoms with Crippen molar-refractivity contribution in [3.05, 3.63) is 61.1 Å². The highest BCUT2D eigenvalue weighted by Crippen LogP contribution is 2.27. The van der Waals surface area contributed by atoms with Crippen LogP contribution >= 0.6 is 0 Å². The van der Waals surface area contributed by atoms with Crippen molar-refractivity contribution in [3.8, 4) is 34.3 Å². The Kier molecular flexibility index (Phi) is 3.43. The lowest BCUT2D eigenvalue weighted by atomic mass is 10.2. The summed E-state index contributed by atoms with van der Waals surface area (Å²) in [6.07, 6.45) is 4.98. The SMILES string of the molecule is Nc1ncc(-c2cccnc2)nc1-c1nnc(-c2ccccc2)o1. The van der Waals surface area contributed by atoms with Gasteiger partial charge in [0.25, 0.3) is 5.89 Å². The molecule has 0 spiro atoms. The number of pyridine rings is 1. The van der Waals surface area contributed by atoms with E-state index in [4.69, 9.17) is 10.2 Å². The molecule has 0 atom stereocenters. The van der Waals surface area contributed by atoms with Crippen LogP contribution in [-0.4, -0.2) is 25.1 Å². The molecule has 3 aromatic heterocycles. The van der Waals surface area contributed by atoms with Crippen LogP contribution < -0.4 is 5.73 Å². The minimum Gasteiger partial charge on any atom is -0.414 e. The quantitative estimate of drug-likeness (QED) is 0.619. The number of nitrogens with two attached hydrogens (primary N) is 1. The molecule has 0 aliphatic heterocycles. The average Bonchev–Trinajstić information content (AvgIpc) is 3.13. The van der Waals surface area contributed by atoms with Crippen LogP contribution in [0.2, 0.25) is 0 Å². The van der Waals surface area contributed by atoms with Gasteiger partial charge in [0.1, 0.15) is 0 Å². The highest BCUT2D eigenvalue weighted by Gasteiger charge is 2.16. The van der Waals surface area contributed by atoms with Crippen molar-refractivity contribution in [3.63, 3.8) is 0 Å². The number of rotatable bonds is 3. The highest BCUT2D eigenvalue weighted by molar-refractivity contribution is 5.68. The van der Waals surface area contributed by atoms with E-state index < -0.39 is 0 Å². The van der Waals surface area contributed by atoms with Gasteiger partial charge >= 0.3 is 0 Å². The van der Waals surface area contributed by atoms with Gasteiger partial charge < -0.3 is 10.2 Å². The number of nitrogens with zero attached hydrogens (tertiary/aromatic N) is 5. The van der Waals surface area contributed by atoms with Gasteiger partial charge in [-0.1, -0.05) is 18.2 Å². The summed E-state index contributed by atoms with van der Waals surface area (Å²) in [5.41, 5.74) is 8.57. The van der Waals surface area contributed by atoms with Gasteiger partial charge in [0.2, 0.25) is 5.89 Å². The van der Waals surface area contributed by atoms with Crippen LogP contribution in [0.15, 0.2) is 65.5 Å². The molecule has 3 heterocycles. The molecule has 7 nitrogen and oxygen atoms in total. The van der Waals surface area contributed by atoms with E-state index in [0.29, 0.717) is 17.3 Å². The fourth-order valence-electron chi connectivity index (χ4n) is 2.23. The number of benzene rings is 1. The molecule has 4 aromatic rings.